The lowest BCUT2D eigenvalue weighted by atomic mass is 10.6. The fourth-order valence-electron chi connectivity index (χ4n) is 0.497. The van der Waals surface area contributed by atoms with Crippen molar-refractivity contribution < 1.29 is 9.52 Å². The Hall–Kier alpha value is -1.32. The van der Waals surface area contributed by atoms with Crippen molar-refractivity contribution in [3.63, 3.8) is 0 Å². The first-order valence-corrected chi connectivity index (χ1v) is 2.36. The number of hydrogen-bond acceptors (Lipinski definition) is 4. The van der Waals surface area contributed by atoms with E-state index in [1.165, 1.54) is 6.92 Å². The molecule has 0 aliphatic heterocycles. The average molecular weight is 127 g/mol. The molecule has 0 fully saturated rings. The van der Waals surface area contributed by atoms with E-state index < -0.39 is 5.63 Å². The predicted octanol–water partition coefficient (Wildman–Crippen LogP) is 0.0488. The average Bonchev–Trinajstić information content (AvgIpc) is 1.59. The molecule has 1 aromatic rings. The van der Waals surface area contributed by atoms with Crippen LogP contribution in [0.2, 0.25) is 0 Å². The third kappa shape index (κ3) is 1.28. The topological polar surface area (TPSA) is 63.3 Å². The zero-order valence-electron chi connectivity index (χ0n) is 4.79. The van der Waals surface area contributed by atoms with Gasteiger partial charge in [0.25, 0.3) is 0 Å². The summed E-state index contributed by atoms with van der Waals surface area (Å²) in [7, 11) is 0. The molecule has 0 amide bonds. The molecule has 1 rings (SSSR count). The van der Waals surface area contributed by atoms with E-state index in [0.29, 0.717) is 0 Å². The zero-order valence-corrected chi connectivity index (χ0v) is 4.79. The number of aromatic nitrogens is 1. The van der Waals surface area contributed by atoms with Crippen LogP contribution in [0.1, 0.15) is 5.89 Å². The Morgan fingerprint density at radius 2 is 2.44 bits per heavy atom. The van der Waals surface area contributed by atoms with Crippen LogP contribution in [0.25, 0.3) is 0 Å². The summed E-state index contributed by atoms with van der Waals surface area (Å²) >= 11 is 0. The maximum absolute atomic E-state index is 10.3. The molecular weight excluding hydrogens is 122 g/mol. The van der Waals surface area contributed by atoms with Crippen molar-refractivity contribution in [2.45, 2.75) is 6.92 Å². The Morgan fingerprint density at radius 3 is 2.89 bits per heavy atom. The van der Waals surface area contributed by atoms with Crippen molar-refractivity contribution in [3.05, 3.63) is 22.4 Å². The first-order valence-electron chi connectivity index (χ1n) is 2.36. The molecule has 0 atom stereocenters. The van der Waals surface area contributed by atoms with Crippen LogP contribution < -0.4 is 5.63 Å². The minimum absolute atomic E-state index is 0.167. The molecule has 0 spiro atoms. The summed E-state index contributed by atoms with van der Waals surface area (Å²) in [6.45, 7) is 1.49. The number of hydrogen-bond donors (Lipinski definition) is 1. The summed E-state index contributed by atoms with van der Waals surface area (Å²) in [5.41, 5.74) is -0.583. The Bertz CT molecular complexity index is 242. The van der Waals surface area contributed by atoms with E-state index in [1.54, 1.807) is 0 Å². The Kier molecular flexibility index (Phi) is 1.22. The largest absolute Gasteiger partial charge is 0.493 e. The summed E-state index contributed by atoms with van der Waals surface area (Å²) in [6.07, 6.45) is 0. The maximum atomic E-state index is 10.3. The molecular formula is C5H5NO3. The quantitative estimate of drug-likeness (QED) is 0.534. The normalized spacial score (nSPS) is 9.44. The highest BCUT2D eigenvalue weighted by Gasteiger charge is 1.93. The molecule has 1 heterocycles. The molecule has 0 saturated heterocycles. The molecule has 0 aliphatic carbocycles. The minimum Gasteiger partial charge on any atom is -0.493 e. The van der Waals surface area contributed by atoms with Crippen LogP contribution in [0.3, 0.4) is 0 Å². The highest BCUT2D eigenvalue weighted by Crippen LogP contribution is 1.97. The summed E-state index contributed by atoms with van der Waals surface area (Å²) in [4.78, 5) is 13.8. The first-order chi connectivity index (χ1) is 4.18. The summed E-state index contributed by atoms with van der Waals surface area (Å²) in [5, 5.41) is 8.62. The van der Waals surface area contributed by atoms with Crippen LogP contribution >= 0.6 is 0 Å². The Labute approximate surface area is 50.8 Å². The lowest BCUT2D eigenvalue weighted by Gasteiger charge is -1.88. The predicted molar refractivity (Wildman–Crippen MR) is 29.2 cm³/mol. The van der Waals surface area contributed by atoms with Gasteiger partial charge in [0.15, 0.2) is 5.89 Å². The van der Waals surface area contributed by atoms with Gasteiger partial charge in [-0.3, -0.25) is 0 Å². The molecule has 9 heavy (non-hydrogen) atoms. The lowest BCUT2D eigenvalue weighted by molar-refractivity contribution is 0.398. The van der Waals surface area contributed by atoms with Crippen LogP contribution in [0.15, 0.2) is 15.3 Å². The number of nitrogens with zero attached hydrogens (tertiary/aromatic N) is 1. The summed E-state index contributed by atoms with van der Waals surface area (Å²) in [6, 6.07) is 0.910. The van der Waals surface area contributed by atoms with Gasteiger partial charge in [-0.2, -0.15) is 4.98 Å². The molecule has 0 radical (unpaired) electrons. The minimum atomic E-state index is -0.583. The number of aryl methyl sites for hydroxylation is 1. The second kappa shape index (κ2) is 1.89. The van der Waals surface area contributed by atoms with Crippen molar-refractivity contribution in [1.29, 1.82) is 0 Å². The molecule has 4 nitrogen and oxygen atoms in total. The second-order valence-electron chi connectivity index (χ2n) is 1.55. The fourth-order valence-corrected chi connectivity index (χ4v) is 0.497. The van der Waals surface area contributed by atoms with E-state index in [1.807, 2.05) is 0 Å². The van der Waals surface area contributed by atoms with Crippen LogP contribution in [0.5, 0.6) is 5.88 Å². The van der Waals surface area contributed by atoms with Gasteiger partial charge in [0, 0.05) is 6.92 Å². The van der Waals surface area contributed by atoms with Crippen molar-refractivity contribution in [3.8, 4) is 5.88 Å². The third-order valence-corrected chi connectivity index (χ3v) is 0.767. The van der Waals surface area contributed by atoms with E-state index >= 15 is 0 Å². The van der Waals surface area contributed by atoms with Gasteiger partial charge >= 0.3 is 5.63 Å². The molecule has 1 aromatic heterocycles. The lowest BCUT2D eigenvalue weighted by Crippen LogP contribution is -1.98. The van der Waals surface area contributed by atoms with E-state index in [9.17, 15) is 4.79 Å². The van der Waals surface area contributed by atoms with Crippen molar-refractivity contribution in [2.24, 2.45) is 0 Å². The highest BCUT2D eigenvalue weighted by atomic mass is 16.4. The molecule has 4 heteroatoms. The van der Waals surface area contributed by atoms with Crippen LogP contribution in [0.4, 0.5) is 0 Å². The van der Waals surface area contributed by atoms with Crippen molar-refractivity contribution >= 4 is 0 Å². The van der Waals surface area contributed by atoms with E-state index in [0.717, 1.165) is 6.07 Å². The standard InChI is InChI=1S/C5H5NO3/c1-3-6-4(7)2-5(8)9-3/h2,7H,1H3. The Morgan fingerprint density at radius 1 is 1.78 bits per heavy atom. The fraction of sp³-hybridized carbons (Fsp3) is 0.200. The van der Waals surface area contributed by atoms with Gasteiger partial charge in [-0.1, -0.05) is 0 Å². The molecule has 0 unspecified atom stereocenters. The zero-order chi connectivity index (χ0) is 6.85. The second-order valence-corrected chi connectivity index (χ2v) is 1.55. The number of aromatic hydroxyl groups is 1. The molecule has 0 aliphatic rings. The smallest absolute Gasteiger partial charge is 0.342 e. The first kappa shape index (κ1) is 5.81. The molecule has 1 N–H and O–H groups in total. The number of rotatable bonds is 0. The van der Waals surface area contributed by atoms with Crippen LogP contribution in [-0.2, 0) is 0 Å². The van der Waals surface area contributed by atoms with Gasteiger partial charge in [-0.25, -0.2) is 4.79 Å². The van der Waals surface area contributed by atoms with Gasteiger partial charge in [0.05, 0.1) is 6.07 Å². The molecule has 48 valence electrons. The van der Waals surface area contributed by atoms with Gasteiger partial charge in [0.1, 0.15) is 0 Å². The summed E-state index contributed by atoms with van der Waals surface area (Å²) in [5.74, 6) is -0.135. The summed E-state index contributed by atoms with van der Waals surface area (Å²) < 4.78 is 4.43. The molecule has 0 saturated carbocycles. The SMILES string of the molecule is Cc1nc(O)cc(=O)o1. The van der Waals surface area contributed by atoms with Gasteiger partial charge in [-0.15, -0.1) is 0 Å². The van der Waals surface area contributed by atoms with Crippen LogP contribution in [-0.4, -0.2) is 10.1 Å². The van der Waals surface area contributed by atoms with Gasteiger partial charge in [0.2, 0.25) is 5.88 Å². The van der Waals surface area contributed by atoms with Gasteiger partial charge < -0.3 is 9.52 Å². The van der Waals surface area contributed by atoms with Crippen molar-refractivity contribution in [1.82, 2.24) is 4.98 Å². The third-order valence-electron chi connectivity index (χ3n) is 0.767. The highest BCUT2D eigenvalue weighted by molar-refractivity contribution is 5.02. The van der Waals surface area contributed by atoms with Crippen LogP contribution in [0, 0.1) is 6.92 Å². The van der Waals surface area contributed by atoms with E-state index in [-0.39, 0.29) is 11.8 Å². The van der Waals surface area contributed by atoms with E-state index in [2.05, 4.69) is 9.40 Å². The maximum Gasteiger partial charge on any atom is 0.342 e. The molecule has 0 aromatic carbocycles. The van der Waals surface area contributed by atoms with Crippen molar-refractivity contribution in [2.75, 3.05) is 0 Å². The Balaban J connectivity index is 3.33. The molecule has 0 bridgehead atoms. The van der Waals surface area contributed by atoms with Gasteiger partial charge in [-0.05, 0) is 0 Å². The van der Waals surface area contributed by atoms with E-state index in [4.69, 9.17) is 5.11 Å². The monoisotopic (exact) mass is 127 g/mol.